The molecule has 1 saturated heterocycles. The van der Waals surface area contributed by atoms with Crippen LogP contribution in [0.2, 0.25) is 0 Å². The van der Waals surface area contributed by atoms with E-state index in [9.17, 15) is 18.0 Å². The van der Waals surface area contributed by atoms with Gasteiger partial charge in [-0.3, -0.25) is 9.69 Å². The molecule has 0 spiro atoms. The molecule has 1 rings (SSSR count). The zero-order chi connectivity index (χ0) is 12.3. The van der Waals surface area contributed by atoms with Gasteiger partial charge >= 0.3 is 12.1 Å². The van der Waals surface area contributed by atoms with Gasteiger partial charge in [-0.05, 0) is 19.4 Å². The van der Waals surface area contributed by atoms with E-state index in [1.807, 2.05) is 0 Å². The van der Waals surface area contributed by atoms with Gasteiger partial charge in [0.1, 0.15) is 6.04 Å². The van der Waals surface area contributed by atoms with Crippen LogP contribution in [-0.4, -0.2) is 54.5 Å². The highest BCUT2D eigenvalue weighted by molar-refractivity contribution is 5.75. The third-order valence-electron chi connectivity index (χ3n) is 2.62. The van der Waals surface area contributed by atoms with E-state index in [0.29, 0.717) is 19.4 Å². The van der Waals surface area contributed by atoms with Gasteiger partial charge < -0.3 is 9.84 Å². The number of alkyl halides is 3. The number of hydrogen-bond acceptors (Lipinski definition) is 4. The van der Waals surface area contributed by atoms with E-state index < -0.39 is 30.8 Å². The van der Waals surface area contributed by atoms with Crippen molar-refractivity contribution < 1.29 is 27.8 Å². The molecule has 1 aliphatic rings. The quantitative estimate of drug-likeness (QED) is 0.733. The third kappa shape index (κ3) is 3.08. The summed E-state index contributed by atoms with van der Waals surface area (Å²) in [5, 5.41) is 8.90. The molecular weight excluding hydrogens is 227 g/mol. The van der Waals surface area contributed by atoms with Crippen LogP contribution < -0.4 is 0 Å². The number of carbonyl (C=O) groups is 1. The first-order valence-corrected chi connectivity index (χ1v) is 4.93. The average molecular weight is 241 g/mol. The lowest BCUT2D eigenvalue weighted by molar-refractivity contribution is -0.209. The smallest absolute Gasteiger partial charge is 0.415 e. The SMILES string of the molecule is COC(=O)C1CCCN1CC(O)C(F)(F)F. The van der Waals surface area contributed by atoms with Gasteiger partial charge in [0.2, 0.25) is 0 Å². The van der Waals surface area contributed by atoms with Gasteiger partial charge in [-0.15, -0.1) is 0 Å². The summed E-state index contributed by atoms with van der Waals surface area (Å²) in [5.74, 6) is -0.549. The predicted octanol–water partition coefficient (Wildman–Crippen LogP) is 0.547. The lowest BCUT2D eigenvalue weighted by Crippen LogP contribution is -2.45. The molecule has 0 aliphatic carbocycles. The Morgan fingerprint density at radius 3 is 2.75 bits per heavy atom. The Morgan fingerprint density at radius 2 is 2.25 bits per heavy atom. The summed E-state index contributed by atoms with van der Waals surface area (Å²) in [4.78, 5) is 12.5. The summed E-state index contributed by atoms with van der Waals surface area (Å²) < 4.78 is 40.8. The van der Waals surface area contributed by atoms with Crippen LogP contribution in [-0.2, 0) is 9.53 Å². The molecule has 2 atom stereocenters. The molecule has 0 radical (unpaired) electrons. The van der Waals surface area contributed by atoms with Crippen molar-refractivity contribution in [2.45, 2.75) is 31.2 Å². The van der Waals surface area contributed by atoms with Crippen LogP contribution in [0, 0.1) is 0 Å². The molecule has 0 aromatic heterocycles. The van der Waals surface area contributed by atoms with E-state index >= 15 is 0 Å². The highest BCUT2D eigenvalue weighted by Gasteiger charge is 2.42. The van der Waals surface area contributed by atoms with E-state index in [1.165, 1.54) is 12.0 Å². The largest absolute Gasteiger partial charge is 0.468 e. The molecule has 0 aromatic rings. The van der Waals surface area contributed by atoms with E-state index in [4.69, 9.17) is 5.11 Å². The number of hydrogen-bond donors (Lipinski definition) is 1. The summed E-state index contributed by atoms with van der Waals surface area (Å²) in [6.45, 7) is -0.212. The number of halogens is 3. The second-order valence-corrected chi connectivity index (χ2v) is 3.73. The first-order chi connectivity index (χ1) is 7.36. The normalized spacial score (nSPS) is 24.4. The van der Waals surface area contributed by atoms with Crippen LogP contribution in [0.3, 0.4) is 0 Å². The van der Waals surface area contributed by atoms with Crippen LogP contribution in [0.15, 0.2) is 0 Å². The molecule has 0 saturated carbocycles. The van der Waals surface area contributed by atoms with Gasteiger partial charge in [-0.25, -0.2) is 0 Å². The van der Waals surface area contributed by atoms with Crippen molar-refractivity contribution >= 4 is 5.97 Å². The first kappa shape index (κ1) is 13.2. The van der Waals surface area contributed by atoms with Crippen LogP contribution in [0.4, 0.5) is 13.2 Å². The molecule has 2 unspecified atom stereocenters. The van der Waals surface area contributed by atoms with Crippen molar-refractivity contribution in [3.05, 3.63) is 0 Å². The summed E-state index contributed by atoms with van der Waals surface area (Å²) in [5.41, 5.74) is 0. The number of aliphatic hydroxyl groups is 1. The Hall–Kier alpha value is -0.820. The van der Waals surface area contributed by atoms with Gasteiger partial charge in [0.05, 0.1) is 7.11 Å². The molecule has 1 heterocycles. The Morgan fingerprint density at radius 1 is 1.62 bits per heavy atom. The number of methoxy groups -OCH3 is 1. The highest BCUT2D eigenvalue weighted by Crippen LogP contribution is 2.24. The number of esters is 1. The molecule has 1 fully saturated rings. The summed E-state index contributed by atoms with van der Waals surface area (Å²) >= 11 is 0. The molecule has 7 heteroatoms. The van der Waals surface area contributed by atoms with E-state index in [1.54, 1.807) is 0 Å². The maximum atomic E-state index is 12.1. The Balaban J connectivity index is 2.56. The zero-order valence-electron chi connectivity index (χ0n) is 8.83. The Bertz CT molecular complexity index is 257. The topological polar surface area (TPSA) is 49.8 Å². The fraction of sp³-hybridized carbons (Fsp3) is 0.889. The van der Waals surface area contributed by atoms with Crippen molar-refractivity contribution in [3.8, 4) is 0 Å². The Kier molecular flexibility index (Phi) is 4.15. The van der Waals surface area contributed by atoms with Gasteiger partial charge in [0.25, 0.3) is 0 Å². The molecule has 0 aromatic carbocycles. The molecule has 94 valence electrons. The molecule has 0 amide bonds. The number of nitrogens with zero attached hydrogens (tertiary/aromatic N) is 1. The minimum atomic E-state index is -4.65. The molecular formula is C9H14F3NO3. The number of β-amino-alcohol motifs (C(OH)–C–C–N with tert-alkyl or cyclic N) is 1. The van der Waals surface area contributed by atoms with Crippen molar-refractivity contribution in [2.75, 3.05) is 20.2 Å². The molecule has 1 aliphatic heterocycles. The number of carbonyl (C=O) groups excluding carboxylic acids is 1. The Labute approximate surface area is 91.0 Å². The van der Waals surface area contributed by atoms with Gasteiger partial charge in [-0.1, -0.05) is 0 Å². The summed E-state index contributed by atoms with van der Waals surface area (Å²) in [6, 6.07) is -0.665. The number of likely N-dealkylation sites (tertiary alicyclic amines) is 1. The van der Waals surface area contributed by atoms with Gasteiger partial charge in [-0.2, -0.15) is 13.2 Å². The van der Waals surface area contributed by atoms with Crippen molar-refractivity contribution in [1.29, 1.82) is 0 Å². The number of ether oxygens (including phenoxy) is 1. The monoisotopic (exact) mass is 241 g/mol. The lowest BCUT2D eigenvalue weighted by Gasteiger charge is -2.25. The number of rotatable bonds is 3. The molecule has 16 heavy (non-hydrogen) atoms. The van der Waals surface area contributed by atoms with E-state index in [-0.39, 0.29) is 0 Å². The van der Waals surface area contributed by atoms with Gasteiger partial charge in [0, 0.05) is 6.54 Å². The van der Waals surface area contributed by atoms with Crippen molar-refractivity contribution in [1.82, 2.24) is 4.90 Å². The maximum absolute atomic E-state index is 12.1. The van der Waals surface area contributed by atoms with Crippen molar-refractivity contribution in [2.24, 2.45) is 0 Å². The zero-order valence-corrected chi connectivity index (χ0v) is 8.83. The fourth-order valence-electron chi connectivity index (χ4n) is 1.77. The van der Waals surface area contributed by atoms with Gasteiger partial charge in [0.15, 0.2) is 6.10 Å². The van der Waals surface area contributed by atoms with E-state index in [2.05, 4.69) is 4.74 Å². The molecule has 4 nitrogen and oxygen atoms in total. The van der Waals surface area contributed by atoms with Crippen LogP contribution in [0.5, 0.6) is 0 Å². The summed E-state index contributed by atoms with van der Waals surface area (Å²) in [7, 11) is 1.19. The second kappa shape index (κ2) is 5.01. The lowest BCUT2D eigenvalue weighted by atomic mass is 10.2. The minimum Gasteiger partial charge on any atom is -0.468 e. The molecule has 0 bridgehead atoms. The maximum Gasteiger partial charge on any atom is 0.415 e. The average Bonchev–Trinajstić information content (AvgIpc) is 2.63. The second-order valence-electron chi connectivity index (χ2n) is 3.73. The van der Waals surface area contributed by atoms with E-state index in [0.717, 1.165) is 0 Å². The summed E-state index contributed by atoms with van der Waals surface area (Å²) in [6.07, 6.45) is -5.97. The fourth-order valence-corrected chi connectivity index (χ4v) is 1.77. The molecule has 1 N–H and O–H groups in total. The third-order valence-corrected chi connectivity index (χ3v) is 2.62. The van der Waals surface area contributed by atoms with Crippen LogP contribution in [0.25, 0.3) is 0 Å². The predicted molar refractivity (Wildman–Crippen MR) is 48.7 cm³/mol. The standard InChI is InChI=1S/C9H14F3NO3/c1-16-8(15)6-3-2-4-13(6)5-7(14)9(10,11)12/h6-7,14H,2-5H2,1H3. The number of aliphatic hydroxyl groups excluding tert-OH is 1. The highest BCUT2D eigenvalue weighted by atomic mass is 19.4. The van der Waals surface area contributed by atoms with Crippen LogP contribution >= 0.6 is 0 Å². The first-order valence-electron chi connectivity index (χ1n) is 4.93. The van der Waals surface area contributed by atoms with Crippen molar-refractivity contribution in [3.63, 3.8) is 0 Å². The van der Waals surface area contributed by atoms with Crippen LogP contribution in [0.1, 0.15) is 12.8 Å². The minimum absolute atomic E-state index is 0.368.